The first-order chi connectivity index (χ1) is 17.8. The van der Waals surface area contributed by atoms with Gasteiger partial charge in [-0.25, -0.2) is 4.98 Å². The van der Waals surface area contributed by atoms with E-state index in [0.717, 1.165) is 38.1 Å². The van der Waals surface area contributed by atoms with Crippen molar-refractivity contribution in [3.63, 3.8) is 0 Å². The van der Waals surface area contributed by atoms with E-state index >= 15 is 0 Å². The molecule has 2 aromatic heterocycles. The molecule has 5 rings (SSSR count). The first-order valence-electron chi connectivity index (χ1n) is 12.6. The highest BCUT2D eigenvalue weighted by Crippen LogP contribution is 2.37. The van der Waals surface area contributed by atoms with E-state index in [2.05, 4.69) is 29.0 Å². The Hall–Kier alpha value is -3.40. The maximum Gasteiger partial charge on any atom is 0.387 e. The van der Waals surface area contributed by atoms with Gasteiger partial charge in [0.2, 0.25) is 0 Å². The monoisotopic (exact) mass is 514 g/mol. The van der Waals surface area contributed by atoms with Gasteiger partial charge in [-0.15, -0.1) is 0 Å². The molecule has 198 valence electrons. The molecular weight excluding hydrogens is 482 g/mol. The molecule has 1 atom stereocenters. The Morgan fingerprint density at radius 2 is 1.97 bits per heavy atom. The van der Waals surface area contributed by atoms with E-state index in [0.29, 0.717) is 35.5 Å². The molecule has 1 aliphatic carbocycles. The smallest absolute Gasteiger partial charge is 0.387 e. The van der Waals surface area contributed by atoms with E-state index in [-0.39, 0.29) is 23.1 Å². The Kier molecular flexibility index (Phi) is 7.19. The molecule has 1 saturated carbocycles. The van der Waals surface area contributed by atoms with Crippen LogP contribution in [-0.4, -0.2) is 65.7 Å². The van der Waals surface area contributed by atoms with Crippen LogP contribution in [0.4, 0.5) is 8.78 Å². The number of hydrogen-bond donors (Lipinski definition) is 1. The van der Waals surface area contributed by atoms with Gasteiger partial charge < -0.3 is 24.4 Å². The van der Waals surface area contributed by atoms with Gasteiger partial charge in [-0.1, -0.05) is 0 Å². The highest BCUT2D eigenvalue weighted by atomic mass is 19.3. The fraction of sp³-hybridized carbons (Fsp3) is 0.481. The van der Waals surface area contributed by atoms with Crippen LogP contribution in [0.2, 0.25) is 0 Å². The second-order valence-electron chi connectivity index (χ2n) is 9.97. The maximum atomic E-state index is 13.3. The number of aromatic nitrogens is 2. The van der Waals surface area contributed by atoms with E-state index in [1.807, 2.05) is 22.7 Å². The molecule has 0 bridgehead atoms. The zero-order chi connectivity index (χ0) is 26.1. The van der Waals surface area contributed by atoms with Gasteiger partial charge in [0.25, 0.3) is 5.91 Å². The van der Waals surface area contributed by atoms with Crippen molar-refractivity contribution in [2.45, 2.75) is 51.8 Å². The lowest BCUT2D eigenvalue weighted by molar-refractivity contribution is -0.0502. The minimum absolute atomic E-state index is 0.0501. The van der Waals surface area contributed by atoms with Crippen molar-refractivity contribution in [2.24, 2.45) is 5.92 Å². The third-order valence-electron chi connectivity index (χ3n) is 6.96. The molecule has 3 aromatic rings. The van der Waals surface area contributed by atoms with Gasteiger partial charge in [0.1, 0.15) is 28.5 Å². The number of hydrogen-bond acceptors (Lipinski definition) is 6. The standard InChI is InChI=1S/C27H32F2N4O4/c1-16(2)32-8-6-17(14-32)15-36-20-7-9-33-21(13-30-24(33)12-20)18-10-22(35-3)25(23(11-18)37-27(28)29)26(34)31-19-4-5-19/h7,9-13,16-17,19,27H,4-6,8,14-15H2,1-3H3,(H,31,34)/t17-/m1/s1. The number of methoxy groups -OCH3 is 1. The van der Waals surface area contributed by atoms with Crippen LogP contribution < -0.4 is 19.5 Å². The van der Waals surface area contributed by atoms with Gasteiger partial charge in [0.05, 0.1) is 25.6 Å². The number of benzene rings is 1. The van der Waals surface area contributed by atoms with Crippen LogP contribution in [0.3, 0.4) is 0 Å². The molecular formula is C27H32F2N4O4. The lowest BCUT2D eigenvalue weighted by Crippen LogP contribution is -2.29. The number of likely N-dealkylation sites (tertiary alicyclic amines) is 1. The largest absolute Gasteiger partial charge is 0.496 e. The van der Waals surface area contributed by atoms with Crippen molar-refractivity contribution in [1.82, 2.24) is 19.6 Å². The van der Waals surface area contributed by atoms with Crippen molar-refractivity contribution >= 4 is 11.6 Å². The summed E-state index contributed by atoms with van der Waals surface area (Å²) in [5, 5.41) is 2.81. The minimum Gasteiger partial charge on any atom is -0.496 e. The van der Waals surface area contributed by atoms with Crippen molar-refractivity contribution in [1.29, 1.82) is 0 Å². The molecule has 1 aromatic carbocycles. The summed E-state index contributed by atoms with van der Waals surface area (Å²) >= 11 is 0. The zero-order valence-electron chi connectivity index (χ0n) is 21.2. The van der Waals surface area contributed by atoms with Crippen LogP contribution in [0, 0.1) is 5.92 Å². The Morgan fingerprint density at radius 3 is 2.65 bits per heavy atom. The first-order valence-corrected chi connectivity index (χ1v) is 12.6. The van der Waals surface area contributed by atoms with Gasteiger partial charge in [-0.2, -0.15) is 8.78 Å². The molecule has 2 aliphatic rings. The normalized spacial score (nSPS) is 18.1. The number of pyridine rings is 1. The lowest BCUT2D eigenvalue weighted by atomic mass is 10.1. The van der Waals surface area contributed by atoms with Crippen molar-refractivity contribution in [2.75, 3.05) is 26.8 Å². The molecule has 0 spiro atoms. The number of halogens is 2. The van der Waals surface area contributed by atoms with Crippen LogP contribution in [0.1, 0.15) is 43.5 Å². The van der Waals surface area contributed by atoms with Gasteiger partial charge in [-0.3, -0.25) is 9.20 Å². The number of nitrogens with one attached hydrogen (secondary N) is 1. The summed E-state index contributed by atoms with van der Waals surface area (Å²) in [7, 11) is 1.39. The molecule has 0 radical (unpaired) electrons. The molecule has 37 heavy (non-hydrogen) atoms. The van der Waals surface area contributed by atoms with E-state index < -0.39 is 12.5 Å². The maximum absolute atomic E-state index is 13.3. The minimum atomic E-state index is -3.10. The molecule has 10 heteroatoms. The second-order valence-corrected chi connectivity index (χ2v) is 9.97. The molecule has 1 saturated heterocycles. The highest BCUT2D eigenvalue weighted by Gasteiger charge is 2.29. The molecule has 1 amide bonds. The summed E-state index contributed by atoms with van der Waals surface area (Å²) < 4.78 is 44.6. The Morgan fingerprint density at radius 1 is 1.19 bits per heavy atom. The first kappa shape index (κ1) is 25.3. The van der Waals surface area contributed by atoms with Crippen LogP contribution >= 0.6 is 0 Å². The summed E-state index contributed by atoms with van der Waals surface area (Å²) in [6.45, 7) is 4.09. The number of fused-ring (bicyclic) bond motifs is 1. The van der Waals surface area contributed by atoms with Crippen LogP contribution in [0.25, 0.3) is 16.9 Å². The number of rotatable bonds is 10. The third-order valence-corrected chi connectivity index (χ3v) is 6.96. The third kappa shape index (κ3) is 5.64. The second kappa shape index (κ2) is 10.5. The molecule has 0 unspecified atom stereocenters. The lowest BCUT2D eigenvalue weighted by Gasteiger charge is -2.20. The highest BCUT2D eigenvalue weighted by molar-refractivity contribution is 6.01. The van der Waals surface area contributed by atoms with Crippen LogP contribution in [0.15, 0.2) is 36.7 Å². The fourth-order valence-corrected chi connectivity index (χ4v) is 4.74. The number of imidazole rings is 1. The molecule has 1 N–H and O–H groups in total. The van der Waals surface area contributed by atoms with Gasteiger partial charge in [-0.05, 0) is 57.9 Å². The number of alkyl halides is 2. The summed E-state index contributed by atoms with van der Waals surface area (Å²) in [5.41, 5.74) is 1.76. The van der Waals surface area contributed by atoms with Gasteiger partial charge in [0, 0.05) is 42.4 Å². The molecule has 1 aliphatic heterocycles. The SMILES string of the molecule is COc1cc(-c2cnc3cc(OC[C@@H]4CCN(C(C)C)C4)ccn23)cc(OC(F)F)c1C(=O)NC1CC1. The number of nitrogens with zero attached hydrogens (tertiary/aromatic N) is 3. The summed E-state index contributed by atoms with van der Waals surface area (Å²) in [5.74, 6) is 0.613. The summed E-state index contributed by atoms with van der Waals surface area (Å²) in [4.78, 5) is 19.7. The fourth-order valence-electron chi connectivity index (χ4n) is 4.74. The van der Waals surface area contributed by atoms with Crippen LogP contribution in [-0.2, 0) is 0 Å². The summed E-state index contributed by atoms with van der Waals surface area (Å²) in [6.07, 6.45) is 6.31. The molecule has 3 heterocycles. The summed E-state index contributed by atoms with van der Waals surface area (Å²) in [6, 6.07) is 7.35. The molecule has 8 nitrogen and oxygen atoms in total. The van der Waals surface area contributed by atoms with E-state index in [1.54, 1.807) is 12.3 Å². The predicted molar refractivity (Wildman–Crippen MR) is 135 cm³/mol. The average Bonchev–Trinajstić information content (AvgIpc) is 3.37. The number of carbonyl (C=O) groups excluding carboxylic acids is 1. The Balaban J connectivity index is 1.39. The van der Waals surface area contributed by atoms with Crippen molar-refractivity contribution in [3.05, 3.63) is 42.2 Å². The van der Waals surface area contributed by atoms with E-state index in [9.17, 15) is 13.6 Å². The predicted octanol–water partition coefficient (Wildman–Crippen LogP) is 4.61. The van der Waals surface area contributed by atoms with Gasteiger partial charge >= 0.3 is 6.61 Å². The topological polar surface area (TPSA) is 77.3 Å². The Bertz CT molecular complexity index is 1270. The quantitative estimate of drug-likeness (QED) is 0.426. The zero-order valence-corrected chi connectivity index (χ0v) is 21.2. The van der Waals surface area contributed by atoms with Gasteiger partial charge in [0.15, 0.2) is 0 Å². The van der Waals surface area contributed by atoms with Crippen LogP contribution in [0.5, 0.6) is 17.2 Å². The number of amides is 1. The Labute approximate surface area is 214 Å². The van der Waals surface area contributed by atoms with Crippen molar-refractivity contribution in [3.8, 4) is 28.5 Å². The average molecular weight is 515 g/mol. The molecule has 2 fully saturated rings. The number of ether oxygens (including phenoxy) is 3. The van der Waals surface area contributed by atoms with E-state index in [1.165, 1.54) is 13.2 Å². The van der Waals surface area contributed by atoms with Crippen molar-refractivity contribution < 1.29 is 27.8 Å². The van der Waals surface area contributed by atoms with E-state index in [4.69, 9.17) is 14.2 Å². The number of carbonyl (C=O) groups is 1.